The van der Waals surface area contributed by atoms with Gasteiger partial charge < -0.3 is 15.4 Å². The smallest absolute Gasteiger partial charge is 0.387 e. The zero-order valence-electron chi connectivity index (χ0n) is 13.1. The lowest BCUT2D eigenvalue weighted by molar-refractivity contribution is -0.140. The lowest BCUT2D eigenvalue weighted by Crippen LogP contribution is -2.44. The van der Waals surface area contributed by atoms with Crippen molar-refractivity contribution in [3.8, 4) is 5.75 Å². The van der Waals surface area contributed by atoms with Crippen LogP contribution in [0.2, 0.25) is 0 Å². The number of benzene rings is 1. The minimum Gasteiger partial charge on any atom is -0.435 e. The number of hydrogen-bond donors (Lipinski definition) is 1. The summed E-state index contributed by atoms with van der Waals surface area (Å²) in [7, 11) is 1.75. The molecule has 1 aromatic carbocycles. The van der Waals surface area contributed by atoms with Crippen LogP contribution in [0.1, 0.15) is 31.2 Å². The van der Waals surface area contributed by atoms with Crippen LogP contribution in [-0.4, -0.2) is 31.0 Å². The number of nitrogens with two attached hydrogens (primary N) is 1. The maximum absolute atomic E-state index is 12.6. The largest absolute Gasteiger partial charge is 0.435 e. The summed E-state index contributed by atoms with van der Waals surface area (Å²) in [4.78, 5) is 14.3. The summed E-state index contributed by atoms with van der Waals surface area (Å²) in [6, 6.07) is 6.33. The number of carbonyl (C=O) groups excluding carboxylic acids is 1. The van der Waals surface area contributed by atoms with Crippen molar-refractivity contribution in [1.82, 2.24) is 4.90 Å². The van der Waals surface area contributed by atoms with Gasteiger partial charge in [-0.05, 0) is 30.5 Å². The van der Waals surface area contributed by atoms with E-state index < -0.39 is 12.0 Å². The van der Waals surface area contributed by atoms with Crippen molar-refractivity contribution in [3.63, 3.8) is 0 Å². The fourth-order valence-corrected chi connectivity index (χ4v) is 3.08. The molecular formula is C16H23ClF2N2O2. The van der Waals surface area contributed by atoms with Crippen molar-refractivity contribution < 1.29 is 18.3 Å². The molecule has 0 heterocycles. The molecule has 1 fully saturated rings. The van der Waals surface area contributed by atoms with Crippen molar-refractivity contribution in [2.45, 2.75) is 38.8 Å². The first kappa shape index (κ1) is 19.6. The SMILES string of the molecule is CN(Cc1ccc(OC(F)F)cc1)C(=O)C1(CN)CCCC1.Cl. The van der Waals surface area contributed by atoms with Crippen LogP contribution in [-0.2, 0) is 11.3 Å². The quantitative estimate of drug-likeness (QED) is 0.859. The first-order valence-corrected chi connectivity index (χ1v) is 7.46. The van der Waals surface area contributed by atoms with Gasteiger partial charge in [0.25, 0.3) is 0 Å². The number of carbonyl (C=O) groups is 1. The first-order chi connectivity index (χ1) is 10.5. The van der Waals surface area contributed by atoms with Gasteiger partial charge in [0.15, 0.2) is 0 Å². The van der Waals surface area contributed by atoms with E-state index >= 15 is 0 Å². The highest BCUT2D eigenvalue weighted by molar-refractivity contribution is 5.85. The van der Waals surface area contributed by atoms with Gasteiger partial charge in [0.05, 0.1) is 5.41 Å². The van der Waals surface area contributed by atoms with Gasteiger partial charge in [0, 0.05) is 20.1 Å². The number of halogens is 3. The highest BCUT2D eigenvalue weighted by Crippen LogP contribution is 2.38. The molecule has 23 heavy (non-hydrogen) atoms. The Bertz CT molecular complexity index is 505. The molecule has 0 saturated heterocycles. The third-order valence-corrected chi connectivity index (χ3v) is 4.32. The van der Waals surface area contributed by atoms with Gasteiger partial charge in [-0.1, -0.05) is 25.0 Å². The Hall–Kier alpha value is -1.40. The summed E-state index contributed by atoms with van der Waals surface area (Å²) < 4.78 is 28.5. The summed E-state index contributed by atoms with van der Waals surface area (Å²) in [5.74, 6) is 0.183. The third kappa shape index (κ3) is 4.78. The molecular weight excluding hydrogens is 326 g/mol. The fraction of sp³-hybridized carbons (Fsp3) is 0.562. The molecule has 0 unspecified atom stereocenters. The second-order valence-electron chi connectivity index (χ2n) is 5.88. The van der Waals surface area contributed by atoms with E-state index in [4.69, 9.17) is 5.73 Å². The molecule has 2 N–H and O–H groups in total. The van der Waals surface area contributed by atoms with Gasteiger partial charge in [0.2, 0.25) is 5.91 Å². The Morgan fingerprint density at radius 2 is 1.87 bits per heavy atom. The summed E-state index contributed by atoms with van der Waals surface area (Å²) in [6.07, 6.45) is 3.76. The molecule has 1 aliphatic rings. The van der Waals surface area contributed by atoms with Crippen LogP contribution in [0.25, 0.3) is 0 Å². The molecule has 1 aliphatic carbocycles. The van der Waals surface area contributed by atoms with Crippen LogP contribution in [0, 0.1) is 5.41 Å². The average molecular weight is 349 g/mol. The van der Waals surface area contributed by atoms with Gasteiger partial charge in [-0.2, -0.15) is 8.78 Å². The standard InChI is InChI=1S/C16H22F2N2O2.ClH/c1-20(14(21)16(11-19)8-2-3-9-16)10-12-4-6-13(7-5-12)22-15(17)18;/h4-7,15H,2-3,8-11,19H2,1H3;1H. The Balaban J connectivity index is 0.00000264. The summed E-state index contributed by atoms with van der Waals surface area (Å²) >= 11 is 0. The van der Waals surface area contributed by atoms with E-state index in [1.54, 1.807) is 24.1 Å². The van der Waals surface area contributed by atoms with Gasteiger partial charge in [0.1, 0.15) is 5.75 Å². The number of ether oxygens (including phenoxy) is 1. The zero-order chi connectivity index (χ0) is 16.2. The molecule has 1 aromatic rings. The molecule has 2 rings (SSSR count). The predicted molar refractivity (Wildman–Crippen MR) is 86.8 cm³/mol. The van der Waals surface area contributed by atoms with E-state index in [1.165, 1.54) is 12.1 Å². The molecule has 4 nitrogen and oxygen atoms in total. The second kappa shape index (κ2) is 8.45. The van der Waals surface area contributed by atoms with Crippen molar-refractivity contribution in [1.29, 1.82) is 0 Å². The summed E-state index contributed by atoms with van der Waals surface area (Å²) in [5, 5.41) is 0. The molecule has 7 heteroatoms. The minimum atomic E-state index is -2.83. The monoisotopic (exact) mass is 348 g/mol. The van der Waals surface area contributed by atoms with E-state index in [2.05, 4.69) is 4.74 Å². The normalized spacial score (nSPS) is 16.0. The Kier molecular flexibility index (Phi) is 7.22. The zero-order valence-corrected chi connectivity index (χ0v) is 14.0. The molecule has 1 amide bonds. The first-order valence-electron chi connectivity index (χ1n) is 7.46. The highest BCUT2D eigenvalue weighted by atomic mass is 35.5. The number of alkyl halides is 2. The molecule has 0 bridgehead atoms. The molecule has 0 radical (unpaired) electrons. The Labute approximate surface area is 141 Å². The van der Waals surface area contributed by atoms with E-state index in [0.717, 1.165) is 31.2 Å². The lowest BCUT2D eigenvalue weighted by atomic mass is 9.84. The van der Waals surface area contributed by atoms with Crippen LogP contribution >= 0.6 is 12.4 Å². The Morgan fingerprint density at radius 3 is 2.35 bits per heavy atom. The van der Waals surface area contributed by atoms with Crippen molar-refractivity contribution in [2.75, 3.05) is 13.6 Å². The number of hydrogen-bond acceptors (Lipinski definition) is 3. The maximum atomic E-state index is 12.6. The maximum Gasteiger partial charge on any atom is 0.387 e. The topological polar surface area (TPSA) is 55.6 Å². The van der Waals surface area contributed by atoms with Crippen LogP contribution in [0.4, 0.5) is 8.78 Å². The molecule has 0 atom stereocenters. The van der Waals surface area contributed by atoms with Gasteiger partial charge >= 0.3 is 6.61 Å². The lowest BCUT2D eigenvalue weighted by Gasteiger charge is -2.31. The molecule has 0 aromatic heterocycles. The Morgan fingerprint density at radius 1 is 1.30 bits per heavy atom. The van der Waals surface area contributed by atoms with Gasteiger partial charge in [-0.3, -0.25) is 4.79 Å². The molecule has 130 valence electrons. The van der Waals surface area contributed by atoms with Crippen molar-refractivity contribution >= 4 is 18.3 Å². The molecule has 0 spiro atoms. The van der Waals surface area contributed by atoms with Gasteiger partial charge in [-0.15, -0.1) is 12.4 Å². The number of amides is 1. The number of rotatable bonds is 6. The summed E-state index contributed by atoms with van der Waals surface area (Å²) in [6.45, 7) is -2.03. The van der Waals surface area contributed by atoms with E-state index in [1.807, 2.05) is 0 Å². The van der Waals surface area contributed by atoms with E-state index in [9.17, 15) is 13.6 Å². The van der Waals surface area contributed by atoms with Crippen molar-refractivity contribution in [3.05, 3.63) is 29.8 Å². The van der Waals surface area contributed by atoms with Crippen LogP contribution in [0.3, 0.4) is 0 Å². The molecule has 0 aliphatic heterocycles. The van der Waals surface area contributed by atoms with Crippen LogP contribution < -0.4 is 10.5 Å². The van der Waals surface area contributed by atoms with Crippen LogP contribution in [0.15, 0.2) is 24.3 Å². The molecule has 1 saturated carbocycles. The van der Waals surface area contributed by atoms with E-state index in [0.29, 0.717) is 13.1 Å². The minimum absolute atomic E-state index is 0. The third-order valence-electron chi connectivity index (χ3n) is 4.32. The average Bonchev–Trinajstić information content (AvgIpc) is 2.98. The predicted octanol–water partition coefficient (Wildman–Crippen LogP) is 3.19. The second-order valence-corrected chi connectivity index (χ2v) is 5.88. The van der Waals surface area contributed by atoms with Crippen molar-refractivity contribution in [2.24, 2.45) is 11.1 Å². The summed E-state index contributed by atoms with van der Waals surface area (Å²) in [5.41, 5.74) is 6.27. The highest BCUT2D eigenvalue weighted by Gasteiger charge is 2.41. The van der Waals surface area contributed by atoms with Gasteiger partial charge in [-0.25, -0.2) is 0 Å². The fourth-order valence-electron chi connectivity index (χ4n) is 3.08. The number of nitrogens with zero attached hydrogens (tertiary/aromatic N) is 1. The van der Waals surface area contributed by atoms with Crippen LogP contribution in [0.5, 0.6) is 5.75 Å². The van der Waals surface area contributed by atoms with E-state index in [-0.39, 0.29) is 24.1 Å².